The lowest BCUT2D eigenvalue weighted by atomic mass is 10.1. The molecule has 1 heterocycles. The predicted molar refractivity (Wildman–Crippen MR) is 85.6 cm³/mol. The molecule has 0 bridgehead atoms. The molecule has 1 N–H and O–H groups in total. The van der Waals surface area contributed by atoms with Crippen LogP contribution in [-0.4, -0.2) is 9.97 Å². The van der Waals surface area contributed by atoms with Crippen LogP contribution in [0.3, 0.4) is 0 Å². The monoisotopic (exact) mass is 329 g/mol. The molecule has 0 amide bonds. The highest BCUT2D eigenvalue weighted by molar-refractivity contribution is 6.36. The molecule has 1 aromatic carbocycles. The third-order valence-electron chi connectivity index (χ3n) is 2.91. The molecule has 0 saturated heterocycles. The molecule has 0 unspecified atom stereocenters. The molecule has 106 valence electrons. The van der Waals surface area contributed by atoms with Crippen LogP contribution in [-0.2, 0) is 0 Å². The van der Waals surface area contributed by atoms with Gasteiger partial charge in [-0.1, -0.05) is 48.7 Å². The van der Waals surface area contributed by atoms with Gasteiger partial charge in [0, 0.05) is 10.6 Å². The van der Waals surface area contributed by atoms with Gasteiger partial charge in [0.25, 0.3) is 0 Å². The molecule has 0 spiro atoms. The molecular weight excluding hydrogens is 317 g/mol. The van der Waals surface area contributed by atoms with Gasteiger partial charge >= 0.3 is 0 Å². The number of nitrogens with one attached hydrogen (secondary N) is 1. The zero-order valence-electron chi connectivity index (χ0n) is 11.3. The minimum absolute atomic E-state index is 0.186. The molecule has 0 saturated carbocycles. The van der Waals surface area contributed by atoms with Gasteiger partial charge in [0.2, 0.25) is 0 Å². The summed E-state index contributed by atoms with van der Waals surface area (Å²) in [4.78, 5) is 8.25. The van der Waals surface area contributed by atoms with Gasteiger partial charge in [-0.25, -0.2) is 9.97 Å². The van der Waals surface area contributed by atoms with Crippen LogP contribution in [0.2, 0.25) is 15.2 Å². The molecule has 20 heavy (non-hydrogen) atoms. The molecule has 0 fully saturated rings. The molecule has 1 aromatic heterocycles. The van der Waals surface area contributed by atoms with E-state index in [9.17, 15) is 0 Å². The van der Waals surface area contributed by atoms with Crippen molar-refractivity contribution in [3.8, 4) is 0 Å². The fourth-order valence-electron chi connectivity index (χ4n) is 1.85. The number of nitrogens with zero attached hydrogens (tertiary/aromatic N) is 2. The Hall–Kier alpha value is -1.03. The van der Waals surface area contributed by atoms with Gasteiger partial charge in [0.15, 0.2) is 0 Å². The van der Waals surface area contributed by atoms with Crippen LogP contribution >= 0.6 is 34.8 Å². The second kappa shape index (κ2) is 6.17. The summed E-state index contributed by atoms with van der Waals surface area (Å²) >= 11 is 18.5. The normalized spacial score (nSPS) is 10.9. The lowest BCUT2D eigenvalue weighted by Gasteiger charge is -2.15. The smallest absolute Gasteiger partial charge is 0.138 e. The summed E-state index contributed by atoms with van der Waals surface area (Å²) in [7, 11) is 0. The highest BCUT2D eigenvalue weighted by Crippen LogP contribution is 2.34. The van der Waals surface area contributed by atoms with Crippen LogP contribution in [0, 0.1) is 6.92 Å². The maximum atomic E-state index is 6.23. The van der Waals surface area contributed by atoms with Gasteiger partial charge in [-0.15, -0.1) is 0 Å². The van der Waals surface area contributed by atoms with E-state index < -0.39 is 0 Å². The molecule has 2 aromatic rings. The van der Waals surface area contributed by atoms with E-state index in [2.05, 4.69) is 15.3 Å². The summed E-state index contributed by atoms with van der Waals surface area (Å²) in [5.74, 6) is 0.827. The van der Waals surface area contributed by atoms with Crippen molar-refractivity contribution in [2.75, 3.05) is 5.32 Å². The van der Waals surface area contributed by atoms with Crippen molar-refractivity contribution in [2.24, 2.45) is 0 Å². The van der Waals surface area contributed by atoms with Gasteiger partial charge < -0.3 is 5.32 Å². The third kappa shape index (κ3) is 3.17. The Bertz CT molecular complexity index is 642. The van der Waals surface area contributed by atoms with Gasteiger partial charge in [-0.3, -0.25) is 0 Å². The summed E-state index contributed by atoms with van der Waals surface area (Å²) in [6, 6.07) is 3.59. The average molecular weight is 331 g/mol. The Morgan fingerprint density at radius 1 is 1.05 bits per heavy atom. The minimum atomic E-state index is 0.186. The number of benzene rings is 1. The molecule has 0 aliphatic rings. The van der Waals surface area contributed by atoms with Crippen molar-refractivity contribution < 1.29 is 0 Å². The molecule has 0 atom stereocenters. The van der Waals surface area contributed by atoms with Crippen LogP contribution in [0.5, 0.6) is 0 Å². The molecular formula is C14H14Cl3N3. The van der Waals surface area contributed by atoms with Crippen molar-refractivity contribution in [1.29, 1.82) is 0 Å². The fourth-order valence-corrected chi connectivity index (χ4v) is 2.64. The first-order chi connectivity index (χ1) is 9.40. The number of aryl methyl sites for hydroxylation is 1. The number of anilines is 2. The second-order valence-electron chi connectivity index (χ2n) is 4.79. The Morgan fingerprint density at radius 3 is 2.40 bits per heavy atom. The minimum Gasteiger partial charge on any atom is -0.339 e. The summed E-state index contributed by atoms with van der Waals surface area (Å²) in [6.45, 7) is 5.96. The molecule has 2 rings (SSSR count). The van der Waals surface area contributed by atoms with E-state index in [0.717, 1.165) is 11.1 Å². The zero-order chi connectivity index (χ0) is 14.9. The number of hydrogen-bond acceptors (Lipinski definition) is 3. The van der Waals surface area contributed by atoms with E-state index in [1.165, 1.54) is 6.33 Å². The highest BCUT2D eigenvalue weighted by atomic mass is 35.5. The van der Waals surface area contributed by atoms with Gasteiger partial charge in [-0.2, -0.15) is 0 Å². The van der Waals surface area contributed by atoms with Gasteiger partial charge in [0.1, 0.15) is 17.3 Å². The van der Waals surface area contributed by atoms with E-state index in [4.69, 9.17) is 34.8 Å². The Morgan fingerprint density at radius 2 is 1.75 bits per heavy atom. The Labute approximate surface area is 133 Å². The van der Waals surface area contributed by atoms with Crippen molar-refractivity contribution >= 4 is 46.3 Å². The summed E-state index contributed by atoms with van der Waals surface area (Å²) in [6.07, 6.45) is 1.42. The van der Waals surface area contributed by atoms with Crippen molar-refractivity contribution in [3.63, 3.8) is 0 Å². The summed E-state index contributed by atoms with van der Waals surface area (Å²) in [5.41, 5.74) is 2.47. The maximum absolute atomic E-state index is 6.23. The van der Waals surface area contributed by atoms with Crippen LogP contribution in [0.1, 0.15) is 30.9 Å². The lowest BCUT2D eigenvalue weighted by molar-refractivity contribution is 0.850. The Balaban J connectivity index is 2.45. The SMILES string of the molecule is Cc1cc(Cl)c(Nc2ncnc(Cl)c2C(C)C)cc1Cl. The zero-order valence-corrected chi connectivity index (χ0v) is 13.6. The maximum Gasteiger partial charge on any atom is 0.138 e. The van der Waals surface area contributed by atoms with E-state index in [0.29, 0.717) is 26.7 Å². The van der Waals surface area contributed by atoms with E-state index in [1.807, 2.05) is 26.8 Å². The lowest BCUT2D eigenvalue weighted by Crippen LogP contribution is -2.03. The van der Waals surface area contributed by atoms with Crippen LogP contribution in [0.25, 0.3) is 0 Å². The summed E-state index contributed by atoms with van der Waals surface area (Å²) in [5, 5.41) is 4.84. The summed E-state index contributed by atoms with van der Waals surface area (Å²) < 4.78 is 0. The predicted octanol–water partition coefficient (Wildman–Crippen LogP) is 5.61. The van der Waals surface area contributed by atoms with Crippen LogP contribution < -0.4 is 5.32 Å². The van der Waals surface area contributed by atoms with E-state index in [1.54, 1.807) is 6.07 Å². The molecule has 0 aliphatic heterocycles. The van der Waals surface area contributed by atoms with Crippen molar-refractivity contribution in [3.05, 3.63) is 44.8 Å². The molecule has 0 radical (unpaired) electrons. The van der Waals surface area contributed by atoms with E-state index in [-0.39, 0.29) is 5.92 Å². The highest BCUT2D eigenvalue weighted by Gasteiger charge is 2.15. The average Bonchev–Trinajstić information content (AvgIpc) is 2.35. The molecule has 0 aliphatic carbocycles. The Kier molecular flexibility index (Phi) is 4.74. The van der Waals surface area contributed by atoms with Crippen molar-refractivity contribution in [1.82, 2.24) is 9.97 Å². The second-order valence-corrected chi connectivity index (χ2v) is 5.96. The largest absolute Gasteiger partial charge is 0.339 e. The first kappa shape index (κ1) is 15.4. The molecule has 3 nitrogen and oxygen atoms in total. The number of hydrogen-bond donors (Lipinski definition) is 1. The van der Waals surface area contributed by atoms with E-state index >= 15 is 0 Å². The topological polar surface area (TPSA) is 37.8 Å². The van der Waals surface area contributed by atoms with Gasteiger partial charge in [0.05, 0.1) is 10.7 Å². The number of rotatable bonds is 3. The molecule has 6 heteroatoms. The number of halogens is 3. The number of aromatic nitrogens is 2. The fraction of sp³-hybridized carbons (Fsp3) is 0.286. The van der Waals surface area contributed by atoms with Crippen molar-refractivity contribution in [2.45, 2.75) is 26.7 Å². The van der Waals surface area contributed by atoms with Crippen LogP contribution in [0.4, 0.5) is 11.5 Å². The first-order valence-corrected chi connectivity index (χ1v) is 7.26. The van der Waals surface area contributed by atoms with Crippen LogP contribution in [0.15, 0.2) is 18.5 Å². The van der Waals surface area contributed by atoms with Gasteiger partial charge in [-0.05, 0) is 30.5 Å². The first-order valence-electron chi connectivity index (χ1n) is 6.13. The quantitative estimate of drug-likeness (QED) is 0.743. The third-order valence-corrected chi connectivity index (χ3v) is 3.94. The standard InChI is InChI=1S/C14H14Cl3N3/c1-7(2)12-13(17)18-6-19-14(12)20-11-5-9(15)8(3)4-10(11)16/h4-7H,1-3H3,(H,18,19,20).